The first-order valence-corrected chi connectivity index (χ1v) is 11.8. The zero-order chi connectivity index (χ0) is 20.1. The van der Waals surface area contributed by atoms with Crippen LogP contribution < -0.4 is 5.32 Å². The summed E-state index contributed by atoms with van der Waals surface area (Å²) in [6.45, 7) is 5.51. The molecule has 0 radical (unpaired) electrons. The molecule has 156 valence electrons. The smallest absolute Gasteiger partial charge is 0.226 e. The van der Waals surface area contributed by atoms with Gasteiger partial charge >= 0.3 is 0 Å². The highest BCUT2D eigenvalue weighted by Crippen LogP contribution is 2.25. The van der Waals surface area contributed by atoms with Crippen molar-refractivity contribution < 1.29 is 4.79 Å². The topological polar surface area (TPSA) is 48.5 Å². The number of carbonyl (C=O) groups excluding carboxylic acids is 1. The molecule has 1 aliphatic carbocycles. The highest BCUT2D eigenvalue weighted by molar-refractivity contribution is 7.13. The van der Waals surface area contributed by atoms with E-state index in [1.54, 1.807) is 11.3 Å². The van der Waals surface area contributed by atoms with Gasteiger partial charge in [0.1, 0.15) is 5.01 Å². The lowest BCUT2D eigenvalue weighted by Gasteiger charge is -2.32. The number of amides is 1. The van der Waals surface area contributed by atoms with Crippen molar-refractivity contribution in [1.82, 2.24) is 20.1 Å². The lowest BCUT2D eigenvalue weighted by Crippen LogP contribution is -2.43. The Morgan fingerprint density at radius 2 is 1.97 bits per heavy atom. The largest absolute Gasteiger partial charge is 0.353 e. The SMILES string of the molecule is CN1CCN(Cc2cccc(-c3nc(CC(=O)NC4CCCCC4)cs3)c2)CC1. The molecule has 1 saturated carbocycles. The Balaban J connectivity index is 1.34. The Morgan fingerprint density at radius 1 is 1.17 bits per heavy atom. The first kappa shape index (κ1) is 20.5. The molecular weight excluding hydrogens is 380 g/mol. The van der Waals surface area contributed by atoms with Gasteiger partial charge in [0.2, 0.25) is 5.91 Å². The van der Waals surface area contributed by atoms with Gasteiger partial charge in [0, 0.05) is 49.7 Å². The summed E-state index contributed by atoms with van der Waals surface area (Å²) < 4.78 is 0. The van der Waals surface area contributed by atoms with Crippen LogP contribution in [0.25, 0.3) is 10.6 Å². The number of benzene rings is 1. The number of nitrogens with zero attached hydrogens (tertiary/aromatic N) is 3. The molecule has 1 amide bonds. The van der Waals surface area contributed by atoms with Crippen LogP contribution in [-0.4, -0.2) is 60.0 Å². The predicted molar refractivity (Wildman–Crippen MR) is 119 cm³/mol. The fourth-order valence-electron chi connectivity index (χ4n) is 4.28. The highest BCUT2D eigenvalue weighted by Gasteiger charge is 2.17. The van der Waals surface area contributed by atoms with Gasteiger partial charge in [-0.15, -0.1) is 11.3 Å². The van der Waals surface area contributed by atoms with Gasteiger partial charge in [-0.2, -0.15) is 0 Å². The Bertz CT molecular complexity index is 807. The molecule has 2 fully saturated rings. The summed E-state index contributed by atoms with van der Waals surface area (Å²) in [4.78, 5) is 22.0. The molecule has 6 heteroatoms. The molecule has 29 heavy (non-hydrogen) atoms. The first-order valence-electron chi connectivity index (χ1n) is 10.9. The Hall–Kier alpha value is -1.76. The summed E-state index contributed by atoms with van der Waals surface area (Å²) >= 11 is 1.63. The van der Waals surface area contributed by atoms with Crippen LogP contribution in [0.5, 0.6) is 0 Å². The van der Waals surface area contributed by atoms with Crippen LogP contribution in [-0.2, 0) is 17.8 Å². The van der Waals surface area contributed by atoms with Crippen LogP contribution in [0.4, 0.5) is 0 Å². The number of thiazole rings is 1. The van der Waals surface area contributed by atoms with E-state index in [0.717, 1.165) is 61.8 Å². The summed E-state index contributed by atoms with van der Waals surface area (Å²) in [5.74, 6) is 0.109. The minimum absolute atomic E-state index is 0.109. The first-order chi connectivity index (χ1) is 14.2. The van der Waals surface area contributed by atoms with Gasteiger partial charge in [-0.05, 0) is 31.5 Å². The fourth-order valence-corrected chi connectivity index (χ4v) is 5.09. The standard InChI is InChI=1S/C23H32N4OS/c1-26-10-12-27(13-11-26)16-18-6-5-7-19(14-18)23-25-21(17-29-23)15-22(28)24-20-8-3-2-4-9-20/h5-7,14,17,20H,2-4,8-13,15-16H2,1H3,(H,24,28). The Labute approximate surface area is 178 Å². The summed E-state index contributed by atoms with van der Waals surface area (Å²) in [7, 11) is 2.19. The molecule has 0 atom stereocenters. The van der Waals surface area contributed by atoms with Crippen molar-refractivity contribution in [2.75, 3.05) is 33.2 Å². The van der Waals surface area contributed by atoms with E-state index in [1.807, 2.05) is 5.38 Å². The number of aromatic nitrogens is 1. The molecule has 2 aliphatic rings. The molecule has 2 aromatic rings. The van der Waals surface area contributed by atoms with Gasteiger partial charge in [-0.25, -0.2) is 4.98 Å². The Morgan fingerprint density at radius 3 is 2.76 bits per heavy atom. The molecule has 0 bridgehead atoms. The lowest BCUT2D eigenvalue weighted by molar-refractivity contribution is -0.121. The van der Waals surface area contributed by atoms with Gasteiger partial charge in [-0.3, -0.25) is 9.69 Å². The van der Waals surface area contributed by atoms with E-state index in [9.17, 15) is 4.79 Å². The molecule has 5 nitrogen and oxygen atoms in total. The van der Waals surface area contributed by atoms with Gasteiger partial charge in [0.25, 0.3) is 0 Å². The molecule has 1 aliphatic heterocycles. The van der Waals surface area contributed by atoms with Crippen LogP contribution in [0.1, 0.15) is 43.4 Å². The van der Waals surface area contributed by atoms with E-state index in [4.69, 9.17) is 4.98 Å². The number of rotatable bonds is 6. The minimum Gasteiger partial charge on any atom is -0.353 e. The monoisotopic (exact) mass is 412 g/mol. The molecule has 4 rings (SSSR count). The summed E-state index contributed by atoms with van der Waals surface area (Å²) in [6, 6.07) is 9.06. The number of carbonyl (C=O) groups is 1. The van der Waals surface area contributed by atoms with Crippen molar-refractivity contribution in [1.29, 1.82) is 0 Å². The Kier molecular flexibility index (Phi) is 6.95. The quantitative estimate of drug-likeness (QED) is 0.788. The summed E-state index contributed by atoms with van der Waals surface area (Å²) in [5.41, 5.74) is 3.36. The van der Waals surface area contributed by atoms with Gasteiger partial charge in [0.15, 0.2) is 0 Å². The second-order valence-corrected chi connectivity index (χ2v) is 9.36. The number of piperazine rings is 1. The van der Waals surface area contributed by atoms with Crippen molar-refractivity contribution in [3.63, 3.8) is 0 Å². The lowest BCUT2D eigenvalue weighted by atomic mass is 9.95. The number of hydrogen-bond donors (Lipinski definition) is 1. The summed E-state index contributed by atoms with van der Waals surface area (Å²) in [5, 5.41) is 6.23. The maximum Gasteiger partial charge on any atom is 0.226 e. The fraction of sp³-hybridized carbons (Fsp3) is 0.565. The van der Waals surface area contributed by atoms with E-state index in [2.05, 4.69) is 46.4 Å². The number of likely N-dealkylation sites (N-methyl/N-ethyl adjacent to an activating group) is 1. The third kappa shape index (κ3) is 5.87. The van der Waals surface area contributed by atoms with Gasteiger partial charge in [0.05, 0.1) is 12.1 Å². The molecular formula is C23H32N4OS. The van der Waals surface area contributed by atoms with Crippen molar-refractivity contribution in [2.45, 2.75) is 51.1 Å². The predicted octanol–water partition coefficient (Wildman–Crippen LogP) is 3.55. The zero-order valence-corrected chi connectivity index (χ0v) is 18.2. The maximum atomic E-state index is 12.4. The average Bonchev–Trinajstić information content (AvgIpc) is 3.19. The van der Waals surface area contributed by atoms with Gasteiger partial charge in [-0.1, -0.05) is 37.5 Å². The van der Waals surface area contributed by atoms with Crippen LogP contribution in [0.2, 0.25) is 0 Å². The van der Waals surface area contributed by atoms with E-state index in [-0.39, 0.29) is 5.91 Å². The van der Waals surface area contributed by atoms with Crippen LogP contribution in [0.15, 0.2) is 29.6 Å². The molecule has 1 N–H and O–H groups in total. The zero-order valence-electron chi connectivity index (χ0n) is 17.4. The van der Waals surface area contributed by atoms with E-state index in [0.29, 0.717) is 12.5 Å². The summed E-state index contributed by atoms with van der Waals surface area (Å²) in [6.07, 6.45) is 6.39. The van der Waals surface area contributed by atoms with Crippen molar-refractivity contribution >= 4 is 17.2 Å². The molecule has 1 aromatic heterocycles. The second kappa shape index (κ2) is 9.83. The third-order valence-electron chi connectivity index (χ3n) is 6.04. The van der Waals surface area contributed by atoms with Crippen molar-refractivity contribution in [2.24, 2.45) is 0 Å². The molecule has 0 unspecified atom stereocenters. The van der Waals surface area contributed by atoms with E-state index < -0.39 is 0 Å². The molecule has 1 aromatic carbocycles. The molecule has 0 spiro atoms. The third-order valence-corrected chi connectivity index (χ3v) is 6.98. The second-order valence-electron chi connectivity index (χ2n) is 8.50. The van der Waals surface area contributed by atoms with Crippen LogP contribution in [0, 0.1) is 0 Å². The minimum atomic E-state index is 0.109. The van der Waals surface area contributed by atoms with Crippen LogP contribution in [0.3, 0.4) is 0 Å². The average molecular weight is 413 g/mol. The van der Waals surface area contributed by atoms with Gasteiger partial charge < -0.3 is 10.2 Å². The van der Waals surface area contributed by atoms with Crippen molar-refractivity contribution in [3.8, 4) is 10.6 Å². The highest BCUT2D eigenvalue weighted by atomic mass is 32.1. The molecule has 2 heterocycles. The maximum absolute atomic E-state index is 12.4. The van der Waals surface area contributed by atoms with Crippen LogP contribution >= 0.6 is 11.3 Å². The number of hydrogen-bond acceptors (Lipinski definition) is 5. The number of nitrogens with one attached hydrogen (secondary N) is 1. The van der Waals surface area contributed by atoms with E-state index >= 15 is 0 Å². The van der Waals surface area contributed by atoms with Crippen molar-refractivity contribution in [3.05, 3.63) is 40.9 Å². The normalized spacial score (nSPS) is 19.3. The van der Waals surface area contributed by atoms with E-state index in [1.165, 1.54) is 24.8 Å². The molecule has 1 saturated heterocycles.